The molecule has 1 aliphatic heterocycles. The maximum atomic E-state index is 11.6. The zero-order chi connectivity index (χ0) is 13.7. The van der Waals surface area contributed by atoms with Crippen LogP contribution in [-0.4, -0.2) is 46.6 Å². The van der Waals surface area contributed by atoms with Crippen LogP contribution in [0.4, 0.5) is 4.79 Å². The Balaban J connectivity index is 1.80. The van der Waals surface area contributed by atoms with Crippen molar-refractivity contribution in [1.82, 2.24) is 20.2 Å². The maximum Gasteiger partial charge on any atom is 0.317 e. The fourth-order valence-corrected chi connectivity index (χ4v) is 2.05. The average Bonchev–Trinajstić information content (AvgIpc) is 2.42. The molecule has 0 aromatic carbocycles. The predicted molar refractivity (Wildman–Crippen MR) is 71.3 cm³/mol. The summed E-state index contributed by atoms with van der Waals surface area (Å²) in [6.07, 6.45) is 4.63. The van der Waals surface area contributed by atoms with Crippen molar-refractivity contribution >= 4 is 17.6 Å². The molecule has 6 nitrogen and oxygen atoms in total. The Morgan fingerprint density at radius 2 is 2.11 bits per heavy atom. The zero-order valence-corrected chi connectivity index (χ0v) is 11.6. The van der Waals surface area contributed by atoms with Gasteiger partial charge in [-0.05, 0) is 6.92 Å². The topological polar surface area (TPSA) is 67.4 Å². The largest absolute Gasteiger partial charge is 0.460 e. The first-order valence-electron chi connectivity index (χ1n) is 6.36. The fraction of sp³-hybridized carbons (Fsp3) is 0.583. The number of nitrogens with one attached hydrogen (secondary N) is 1. The highest BCUT2D eigenvalue weighted by Gasteiger charge is 2.24. The molecule has 0 radical (unpaired) electrons. The van der Waals surface area contributed by atoms with E-state index in [4.69, 9.17) is 16.3 Å². The van der Waals surface area contributed by atoms with Crippen LogP contribution in [0.25, 0.3) is 0 Å². The lowest BCUT2D eigenvalue weighted by Gasteiger charge is -2.31. The Morgan fingerprint density at radius 3 is 2.68 bits per heavy atom. The van der Waals surface area contributed by atoms with Gasteiger partial charge in [0.25, 0.3) is 0 Å². The molecule has 0 bridgehead atoms. The van der Waals surface area contributed by atoms with Gasteiger partial charge in [0, 0.05) is 32.5 Å². The molecule has 19 heavy (non-hydrogen) atoms. The number of carbonyl (C=O) groups is 1. The predicted octanol–water partition coefficient (Wildman–Crippen LogP) is 1.70. The summed E-state index contributed by atoms with van der Waals surface area (Å²) in [5, 5.41) is 3.28. The Hall–Kier alpha value is -1.56. The zero-order valence-electron chi connectivity index (χ0n) is 10.8. The minimum Gasteiger partial charge on any atom is -0.460 e. The highest BCUT2D eigenvalue weighted by molar-refractivity contribution is 6.30. The Morgan fingerprint density at radius 1 is 1.47 bits per heavy atom. The van der Waals surface area contributed by atoms with E-state index in [0.717, 1.165) is 12.8 Å². The number of nitrogens with zero attached hydrogens (tertiary/aromatic N) is 3. The van der Waals surface area contributed by atoms with E-state index in [1.165, 1.54) is 12.4 Å². The van der Waals surface area contributed by atoms with Gasteiger partial charge in [-0.15, -0.1) is 0 Å². The van der Waals surface area contributed by atoms with Crippen LogP contribution in [0, 0.1) is 0 Å². The summed E-state index contributed by atoms with van der Waals surface area (Å²) < 4.78 is 5.66. The number of hydrogen-bond acceptors (Lipinski definition) is 4. The number of aromatic nitrogens is 2. The second-order valence-corrected chi connectivity index (χ2v) is 4.76. The number of carbonyl (C=O) groups excluding carboxylic acids is 1. The highest BCUT2D eigenvalue weighted by Crippen LogP contribution is 2.16. The monoisotopic (exact) mass is 284 g/mol. The summed E-state index contributed by atoms with van der Waals surface area (Å²) >= 11 is 5.71. The molecule has 7 heteroatoms. The molecule has 0 spiro atoms. The van der Waals surface area contributed by atoms with Crippen molar-refractivity contribution in [3.63, 3.8) is 0 Å². The molecule has 0 aliphatic carbocycles. The van der Waals surface area contributed by atoms with Crippen LogP contribution in [0.5, 0.6) is 6.01 Å². The lowest BCUT2D eigenvalue weighted by Crippen LogP contribution is -2.46. The van der Waals surface area contributed by atoms with Crippen LogP contribution >= 0.6 is 11.6 Å². The van der Waals surface area contributed by atoms with Crippen molar-refractivity contribution in [2.75, 3.05) is 19.6 Å². The van der Waals surface area contributed by atoms with Crippen molar-refractivity contribution in [3.8, 4) is 6.01 Å². The van der Waals surface area contributed by atoms with Gasteiger partial charge in [-0.2, -0.15) is 0 Å². The number of ether oxygens (including phenoxy) is 1. The molecule has 1 saturated heterocycles. The van der Waals surface area contributed by atoms with Crippen molar-refractivity contribution in [2.24, 2.45) is 0 Å². The summed E-state index contributed by atoms with van der Waals surface area (Å²) in [6, 6.07) is 0.324. The third-order valence-electron chi connectivity index (χ3n) is 2.93. The van der Waals surface area contributed by atoms with Crippen molar-refractivity contribution in [1.29, 1.82) is 0 Å². The van der Waals surface area contributed by atoms with Gasteiger partial charge in [0.15, 0.2) is 0 Å². The van der Waals surface area contributed by atoms with E-state index in [2.05, 4.69) is 15.3 Å². The normalized spacial score (nSPS) is 16.2. The van der Waals surface area contributed by atoms with Crippen molar-refractivity contribution in [2.45, 2.75) is 25.9 Å². The highest BCUT2D eigenvalue weighted by atomic mass is 35.5. The summed E-state index contributed by atoms with van der Waals surface area (Å²) in [6.45, 7) is 3.92. The molecule has 1 aliphatic rings. The molecular formula is C12H17ClN4O2. The lowest BCUT2D eigenvalue weighted by molar-refractivity contribution is 0.103. The van der Waals surface area contributed by atoms with Gasteiger partial charge in [-0.1, -0.05) is 11.6 Å². The molecule has 1 fully saturated rings. The molecule has 2 rings (SSSR count). The summed E-state index contributed by atoms with van der Waals surface area (Å²) in [7, 11) is 0. The van der Waals surface area contributed by atoms with Crippen LogP contribution in [0.3, 0.4) is 0 Å². The SMILES string of the molecule is CCNC(=O)N1CCC(Oc2ncc(Cl)cn2)CC1. The third-order valence-corrected chi connectivity index (χ3v) is 3.12. The van der Waals surface area contributed by atoms with Crippen molar-refractivity contribution in [3.05, 3.63) is 17.4 Å². The Kier molecular flexibility index (Phi) is 4.79. The van der Waals surface area contributed by atoms with E-state index < -0.39 is 0 Å². The number of hydrogen-bond donors (Lipinski definition) is 1. The fourth-order valence-electron chi connectivity index (χ4n) is 1.95. The third kappa shape index (κ3) is 3.96. The molecule has 0 saturated carbocycles. The molecule has 0 unspecified atom stereocenters. The van der Waals surface area contributed by atoms with Gasteiger partial charge in [-0.25, -0.2) is 14.8 Å². The number of likely N-dealkylation sites (tertiary alicyclic amines) is 1. The molecule has 1 N–H and O–H groups in total. The first-order chi connectivity index (χ1) is 9.19. The number of rotatable bonds is 3. The maximum absolute atomic E-state index is 11.6. The summed E-state index contributed by atoms with van der Waals surface area (Å²) in [4.78, 5) is 21.4. The number of urea groups is 1. The molecule has 2 amide bonds. The van der Waals surface area contributed by atoms with E-state index in [0.29, 0.717) is 30.7 Å². The minimum atomic E-state index is -0.0105. The van der Waals surface area contributed by atoms with Gasteiger partial charge in [0.2, 0.25) is 0 Å². The van der Waals surface area contributed by atoms with E-state index in [9.17, 15) is 4.79 Å². The number of amides is 2. The molecule has 104 valence electrons. The first-order valence-corrected chi connectivity index (χ1v) is 6.74. The van der Waals surface area contributed by atoms with Crippen LogP contribution in [0.15, 0.2) is 12.4 Å². The quantitative estimate of drug-likeness (QED) is 0.917. The van der Waals surface area contributed by atoms with Gasteiger partial charge >= 0.3 is 12.0 Å². The number of halogens is 1. The molecule has 0 atom stereocenters. The molecular weight excluding hydrogens is 268 g/mol. The average molecular weight is 285 g/mol. The summed E-state index contributed by atoms with van der Waals surface area (Å²) in [5.74, 6) is 0. The second-order valence-electron chi connectivity index (χ2n) is 4.32. The standard InChI is InChI=1S/C12H17ClN4O2/c1-2-14-12(18)17-5-3-10(4-6-17)19-11-15-7-9(13)8-16-11/h7-8,10H,2-6H2,1H3,(H,14,18). The minimum absolute atomic E-state index is 0.0105. The van der Waals surface area contributed by atoms with E-state index in [-0.39, 0.29) is 12.1 Å². The second kappa shape index (κ2) is 6.56. The van der Waals surface area contributed by atoms with Gasteiger partial charge in [0.1, 0.15) is 6.10 Å². The summed E-state index contributed by atoms with van der Waals surface area (Å²) in [5.41, 5.74) is 0. The van der Waals surface area contributed by atoms with Gasteiger partial charge < -0.3 is 15.0 Å². The van der Waals surface area contributed by atoms with Gasteiger partial charge in [0.05, 0.1) is 17.4 Å². The first kappa shape index (κ1) is 13.9. The smallest absolute Gasteiger partial charge is 0.317 e. The Labute approximate surface area is 117 Å². The van der Waals surface area contributed by atoms with Crippen LogP contribution < -0.4 is 10.1 Å². The van der Waals surface area contributed by atoms with Crippen LogP contribution in [0.2, 0.25) is 5.02 Å². The van der Waals surface area contributed by atoms with E-state index >= 15 is 0 Å². The van der Waals surface area contributed by atoms with E-state index in [1.54, 1.807) is 4.90 Å². The molecule has 1 aromatic rings. The lowest BCUT2D eigenvalue weighted by atomic mass is 10.1. The molecule has 2 heterocycles. The van der Waals surface area contributed by atoms with Crippen LogP contribution in [-0.2, 0) is 0 Å². The number of piperidine rings is 1. The van der Waals surface area contributed by atoms with Crippen molar-refractivity contribution < 1.29 is 9.53 Å². The van der Waals surface area contributed by atoms with Crippen LogP contribution in [0.1, 0.15) is 19.8 Å². The molecule has 1 aromatic heterocycles. The van der Waals surface area contributed by atoms with Gasteiger partial charge in [-0.3, -0.25) is 0 Å². The van der Waals surface area contributed by atoms with E-state index in [1.807, 2.05) is 6.92 Å². The Bertz CT molecular complexity index is 418.